The van der Waals surface area contributed by atoms with Gasteiger partial charge in [0.2, 0.25) is 15.9 Å². The van der Waals surface area contributed by atoms with Gasteiger partial charge in [0, 0.05) is 11.7 Å². The highest BCUT2D eigenvalue weighted by atomic mass is 32.2. The molecule has 0 saturated carbocycles. The van der Waals surface area contributed by atoms with Crippen LogP contribution in [0.25, 0.3) is 0 Å². The maximum absolute atomic E-state index is 12.2. The Kier molecular flexibility index (Phi) is 6.11. The fraction of sp³-hybridized carbons (Fsp3) is 0.278. The van der Waals surface area contributed by atoms with Crippen LogP contribution in [0.15, 0.2) is 59.5 Å². The van der Waals surface area contributed by atoms with Gasteiger partial charge in [-0.1, -0.05) is 37.3 Å². The van der Waals surface area contributed by atoms with E-state index in [9.17, 15) is 13.2 Å². The Morgan fingerprint density at radius 1 is 1.04 bits per heavy atom. The molecular weight excluding hydrogens is 324 g/mol. The molecule has 2 rings (SSSR count). The molecule has 0 saturated heterocycles. The zero-order valence-electron chi connectivity index (χ0n) is 13.8. The molecule has 0 aromatic heterocycles. The maximum Gasteiger partial charge on any atom is 0.240 e. The maximum atomic E-state index is 12.2. The van der Waals surface area contributed by atoms with Crippen LogP contribution in [0, 0.1) is 0 Å². The molecule has 0 aliphatic heterocycles. The van der Waals surface area contributed by atoms with E-state index >= 15 is 0 Å². The molecule has 1 atom stereocenters. The normalized spacial score (nSPS) is 12.6. The molecule has 128 valence electrons. The highest BCUT2D eigenvalue weighted by Crippen LogP contribution is 2.15. The minimum Gasteiger partial charge on any atom is -0.326 e. The summed E-state index contributed by atoms with van der Waals surface area (Å²) in [5, 5.41) is 2.77. The van der Waals surface area contributed by atoms with Crippen molar-refractivity contribution in [2.75, 3.05) is 5.32 Å². The van der Waals surface area contributed by atoms with E-state index in [0.717, 1.165) is 5.56 Å². The van der Waals surface area contributed by atoms with Gasteiger partial charge in [-0.05, 0) is 43.2 Å². The molecule has 0 unspecified atom stereocenters. The summed E-state index contributed by atoms with van der Waals surface area (Å²) < 4.78 is 27.0. The van der Waals surface area contributed by atoms with E-state index in [1.54, 1.807) is 12.1 Å². The van der Waals surface area contributed by atoms with Gasteiger partial charge in [0.25, 0.3) is 0 Å². The number of nitrogens with one attached hydrogen (secondary N) is 2. The zero-order valence-corrected chi connectivity index (χ0v) is 14.6. The minimum absolute atomic E-state index is 0.125. The third-order valence-electron chi connectivity index (χ3n) is 3.62. The first-order chi connectivity index (χ1) is 11.4. The summed E-state index contributed by atoms with van der Waals surface area (Å²) in [4.78, 5) is 12.2. The van der Waals surface area contributed by atoms with Crippen LogP contribution in [0.2, 0.25) is 0 Å². The molecule has 0 radical (unpaired) electrons. The van der Waals surface area contributed by atoms with Gasteiger partial charge in [0.05, 0.1) is 11.3 Å². The molecule has 2 N–H and O–H groups in total. The SMILES string of the molecule is CC[C@@H](C)NS(=O)(=O)c1ccc(NC(=O)Cc2ccccc2)cc1. The smallest absolute Gasteiger partial charge is 0.240 e. The van der Waals surface area contributed by atoms with E-state index < -0.39 is 10.0 Å². The van der Waals surface area contributed by atoms with Crippen LogP contribution in [-0.4, -0.2) is 20.4 Å². The second-order valence-corrected chi connectivity index (χ2v) is 7.38. The second-order valence-electron chi connectivity index (χ2n) is 5.67. The first kappa shape index (κ1) is 18.2. The Hall–Kier alpha value is -2.18. The Balaban J connectivity index is 2.00. The average molecular weight is 346 g/mol. The lowest BCUT2D eigenvalue weighted by Gasteiger charge is -2.12. The second kappa shape index (κ2) is 8.08. The van der Waals surface area contributed by atoms with E-state index in [1.165, 1.54) is 12.1 Å². The van der Waals surface area contributed by atoms with Gasteiger partial charge in [-0.25, -0.2) is 13.1 Å². The van der Waals surface area contributed by atoms with Crippen molar-refractivity contribution in [1.29, 1.82) is 0 Å². The number of carbonyl (C=O) groups excluding carboxylic acids is 1. The van der Waals surface area contributed by atoms with Gasteiger partial charge in [-0.3, -0.25) is 4.79 Å². The topological polar surface area (TPSA) is 75.3 Å². The van der Waals surface area contributed by atoms with Crippen LogP contribution in [-0.2, 0) is 21.2 Å². The van der Waals surface area contributed by atoms with E-state index in [0.29, 0.717) is 12.1 Å². The predicted octanol–water partition coefficient (Wildman–Crippen LogP) is 2.94. The monoisotopic (exact) mass is 346 g/mol. The van der Waals surface area contributed by atoms with Crippen LogP contribution >= 0.6 is 0 Å². The Morgan fingerprint density at radius 3 is 2.25 bits per heavy atom. The zero-order chi connectivity index (χ0) is 17.6. The summed E-state index contributed by atoms with van der Waals surface area (Å²) in [5.41, 5.74) is 1.49. The van der Waals surface area contributed by atoms with Crippen LogP contribution in [0.4, 0.5) is 5.69 Å². The molecule has 6 heteroatoms. The third kappa shape index (κ3) is 5.18. The molecule has 2 aromatic carbocycles. The van der Waals surface area contributed by atoms with Gasteiger partial charge < -0.3 is 5.32 Å². The largest absolute Gasteiger partial charge is 0.326 e. The molecule has 0 heterocycles. The summed E-state index contributed by atoms with van der Waals surface area (Å²) in [6.45, 7) is 3.73. The van der Waals surface area contributed by atoms with Gasteiger partial charge >= 0.3 is 0 Å². The average Bonchev–Trinajstić information content (AvgIpc) is 2.55. The van der Waals surface area contributed by atoms with E-state index in [4.69, 9.17) is 0 Å². The van der Waals surface area contributed by atoms with Gasteiger partial charge in [-0.2, -0.15) is 0 Å². The van der Waals surface area contributed by atoms with E-state index in [-0.39, 0.29) is 23.3 Å². The van der Waals surface area contributed by atoms with Crippen molar-refractivity contribution >= 4 is 21.6 Å². The van der Waals surface area contributed by atoms with E-state index in [2.05, 4.69) is 10.0 Å². The predicted molar refractivity (Wildman–Crippen MR) is 95.3 cm³/mol. The lowest BCUT2D eigenvalue weighted by atomic mass is 10.1. The molecule has 0 spiro atoms. The molecule has 0 fully saturated rings. The fourth-order valence-electron chi connectivity index (χ4n) is 2.12. The first-order valence-corrected chi connectivity index (χ1v) is 9.35. The molecule has 5 nitrogen and oxygen atoms in total. The molecule has 24 heavy (non-hydrogen) atoms. The molecule has 0 aliphatic rings. The van der Waals surface area contributed by atoms with Crippen molar-refractivity contribution < 1.29 is 13.2 Å². The lowest BCUT2D eigenvalue weighted by Crippen LogP contribution is -2.31. The highest BCUT2D eigenvalue weighted by Gasteiger charge is 2.16. The van der Waals surface area contributed by atoms with E-state index in [1.807, 2.05) is 44.2 Å². The summed E-state index contributed by atoms with van der Waals surface area (Å²) in [6.07, 6.45) is 0.989. The Bertz CT molecular complexity index is 772. The van der Waals surface area contributed by atoms with Gasteiger partial charge in [-0.15, -0.1) is 0 Å². The van der Waals surface area contributed by atoms with Crippen molar-refractivity contribution in [3.63, 3.8) is 0 Å². The third-order valence-corrected chi connectivity index (χ3v) is 5.23. The number of hydrogen-bond donors (Lipinski definition) is 2. The van der Waals surface area contributed by atoms with Crippen molar-refractivity contribution in [1.82, 2.24) is 4.72 Å². The summed E-state index contributed by atoms with van der Waals surface area (Å²) in [6, 6.07) is 15.5. The number of amides is 1. The number of sulfonamides is 1. The van der Waals surface area contributed by atoms with Crippen LogP contribution in [0.1, 0.15) is 25.8 Å². The van der Waals surface area contributed by atoms with Crippen LogP contribution < -0.4 is 10.0 Å². The summed E-state index contributed by atoms with van der Waals surface area (Å²) >= 11 is 0. The van der Waals surface area contributed by atoms with Crippen LogP contribution in [0.3, 0.4) is 0 Å². The molecular formula is C18H22N2O3S. The number of anilines is 1. The number of benzene rings is 2. The Morgan fingerprint density at radius 2 is 1.67 bits per heavy atom. The molecule has 2 aromatic rings. The van der Waals surface area contributed by atoms with Gasteiger partial charge in [0.1, 0.15) is 0 Å². The molecule has 0 bridgehead atoms. The van der Waals surface area contributed by atoms with Crippen molar-refractivity contribution in [2.45, 2.75) is 37.6 Å². The highest BCUT2D eigenvalue weighted by molar-refractivity contribution is 7.89. The lowest BCUT2D eigenvalue weighted by molar-refractivity contribution is -0.115. The van der Waals surface area contributed by atoms with Crippen molar-refractivity contribution in [3.8, 4) is 0 Å². The standard InChI is InChI=1S/C18H22N2O3S/c1-3-14(2)20-24(22,23)17-11-9-16(10-12-17)19-18(21)13-15-7-5-4-6-8-15/h4-12,14,20H,3,13H2,1-2H3,(H,19,21)/t14-/m1/s1. The summed E-state index contributed by atoms with van der Waals surface area (Å²) in [5.74, 6) is -0.144. The molecule has 0 aliphatic carbocycles. The Labute approximate surface area is 143 Å². The van der Waals surface area contributed by atoms with Crippen molar-refractivity contribution in [3.05, 3.63) is 60.2 Å². The number of carbonyl (C=O) groups is 1. The number of rotatable bonds is 7. The minimum atomic E-state index is -3.53. The first-order valence-electron chi connectivity index (χ1n) is 7.87. The van der Waals surface area contributed by atoms with Crippen molar-refractivity contribution in [2.24, 2.45) is 0 Å². The fourth-order valence-corrected chi connectivity index (χ4v) is 3.45. The number of hydrogen-bond acceptors (Lipinski definition) is 3. The summed E-state index contributed by atoms with van der Waals surface area (Å²) in [7, 11) is -3.53. The molecule has 1 amide bonds. The van der Waals surface area contributed by atoms with Gasteiger partial charge in [0.15, 0.2) is 0 Å². The van der Waals surface area contributed by atoms with Crippen LogP contribution in [0.5, 0.6) is 0 Å². The quantitative estimate of drug-likeness (QED) is 0.809.